The SMILES string of the molecule is CCC(Br)C(=O)Nc1cscc1C. The molecule has 1 rings (SSSR count). The molecule has 4 heteroatoms. The monoisotopic (exact) mass is 261 g/mol. The molecule has 0 radical (unpaired) electrons. The van der Waals surface area contributed by atoms with Gasteiger partial charge in [0.2, 0.25) is 5.91 Å². The van der Waals surface area contributed by atoms with E-state index >= 15 is 0 Å². The van der Waals surface area contributed by atoms with Crippen LogP contribution in [0.1, 0.15) is 18.9 Å². The Balaban J connectivity index is 2.60. The zero-order chi connectivity index (χ0) is 9.84. The lowest BCUT2D eigenvalue weighted by atomic mass is 10.3. The van der Waals surface area contributed by atoms with Crippen molar-refractivity contribution in [1.29, 1.82) is 0 Å². The topological polar surface area (TPSA) is 29.1 Å². The quantitative estimate of drug-likeness (QED) is 0.833. The van der Waals surface area contributed by atoms with Gasteiger partial charge in [0.25, 0.3) is 0 Å². The van der Waals surface area contributed by atoms with Gasteiger partial charge in [-0.1, -0.05) is 22.9 Å². The summed E-state index contributed by atoms with van der Waals surface area (Å²) in [5.41, 5.74) is 2.04. The summed E-state index contributed by atoms with van der Waals surface area (Å²) < 4.78 is 0. The Hall–Kier alpha value is -0.350. The zero-order valence-electron chi connectivity index (χ0n) is 7.63. The highest BCUT2D eigenvalue weighted by molar-refractivity contribution is 9.10. The maximum absolute atomic E-state index is 11.4. The van der Waals surface area contributed by atoms with Gasteiger partial charge in [-0.25, -0.2) is 0 Å². The van der Waals surface area contributed by atoms with E-state index in [1.165, 1.54) is 0 Å². The number of thiophene rings is 1. The number of anilines is 1. The van der Waals surface area contributed by atoms with E-state index in [0.717, 1.165) is 17.7 Å². The second-order valence-corrected chi connectivity index (χ2v) is 4.68. The van der Waals surface area contributed by atoms with Crippen LogP contribution in [0.5, 0.6) is 0 Å². The number of carbonyl (C=O) groups is 1. The van der Waals surface area contributed by atoms with Crippen molar-refractivity contribution in [2.75, 3.05) is 5.32 Å². The highest BCUT2D eigenvalue weighted by Gasteiger charge is 2.13. The van der Waals surface area contributed by atoms with Crippen molar-refractivity contribution in [3.63, 3.8) is 0 Å². The Morgan fingerprint density at radius 1 is 1.69 bits per heavy atom. The summed E-state index contributed by atoms with van der Waals surface area (Å²) in [4.78, 5) is 11.3. The first kappa shape index (κ1) is 10.7. The molecule has 2 nitrogen and oxygen atoms in total. The van der Waals surface area contributed by atoms with Crippen LogP contribution < -0.4 is 5.32 Å². The van der Waals surface area contributed by atoms with Crippen molar-refractivity contribution in [2.24, 2.45) is 0 Å². The van der Waals surface area contributed by atoms with E-state index in [2.05, 4.69) is 21.2 Å². The minimum absolute atomic E-state index is 0.0315. The highest BCUT2D eigenvalue weighted by Crippen LogP contribution is 2.20. The third-order valence-corrected chi connectivity index (χ3v) is 3.68. The Kier molecular flexibility index (Phi) is 3.93. The lowest BCUT2D eigenvalue weighted by Crippen LogP contribution is -2.21. The summed E-state index contributed by atoms with van der Waals surface area (Å²) in [5, 5.41) is 6.83. The van der Waals surface area contributed by atoms with Crippen molar-refractivity contribution < 1.29 is 4.79 Å². The lowest BCUT2D eigenvalue weighted by Gasteiger charge is -2.07. The van der Waals surface area contributed by atoms with E-state index in [4.69, 9.17) is 0 Å². The molecule has 1 N–H and O–H groups in total. The summed E-state index contributed by atoms with van der Waals surface area (Å²) in [6.07, 6.45) is 0.801. The fourth-order valence-electron chi connectivity index (χ4n) is 0.885. The lowest BCUT2D eigenvalue weighted by molar-refractivity contribution is -0.115. The normalized spacial score (nSPS) is 12.5. The first-order valence-electron chi connectivity index (χ1n) is 4.13. The third-order valence-electron chi connectivity index (χ3n) is 1.76. The van der Waals surface area contributed by atoms with Gasteiger partial charge in [-0.2, -0.15) is 0 Å². The number of halogens is 1. The highest BCUT2D eigenvalue weighted by atomic mass is 79.9. The standard InChI is InChI=1S/C9H12BrNOS/c1-3-7(10)9(12)11-8-5-13-4-6(8)2/h4-5,7H,3H2,1-2H3,(H,11,12). The summed E-state index contributed by atoms with van der Waals surface area (Å²) in [7, 11) is 0. The minimum atomic E-state index is -0.0909. The van der Waals surface area contributed by atoms with Gasteiger partial charge in [-0.15, -0.1) is 11.3 Å². The summed E-state index contributed by atoms with van der Waals surface area (Å²) in [6.45, 7) is 3.96. The molecule has 0 aromatic carbocycles. The largest absolute Gasteiger partial charge is 0.324 e. The molecule has 0 aliphatic carbocycles. The molecule has 0 saturated carbocycles. The third kappa shape index (κ3) is 2.81. The molecule has 1 aromatic heterocycles. The smallest absolute Gasteiger partial charge is 0.238 e. The van der Waals surface area contributed by atoms with Crippen LogP contribution in [0.3, 0.4) is 0 Å². The first-order valence-corrected chi connectivity index (χ1v) is 5.98. The van der Waals surface area contributed by atoms with Gasteiger partial charge in [0.15, 0.2) is 0 Å². The number of carbonyl (C=O) groups excluding carboxylic acids is 1. The van der Waals surface area contributed by atoms with Crippen molar-refractivity contribution in [1.82, 2.24) is 0 Å². The van der Waals surface area contributed by atoms with Crippen LogP contribution in [-0.4, -0.2) is 10.7 Å². The van der Waals surface area contributed by atoms with Crippen molar-refractivity contribution >= 4 is 38.9 Å². The van der Waals surface area contributed by atoms with Crippen LogP contribution in [0.2, 0.25) is 0 Å². The number of amides is 1. The van der Waals surface area contributed by atoms with Crippen LogP contribution in [0.4, 0.5) is 5.69 Å². The predicted octanol–water partition coefficient (Wildman–Crippen LogP) is 3.17. The number of rotatable bonds is 3. The van der Waals surface area contributed by atoms with Crippen LogP contribution in [0, 0.1) is 6.92 Å². The van der Waals surface area contributed by atoms with Crippen molar-refractivity contribution in [3.8, 4) is 0 Å². The predicted molar refractivity (Wildman–Crippen MR) is 60.7 cm³/mol. The van der Waals surface area contributed by atoms with Gasteiger partial charge < -0.3 is 5.32 Å². The fraction of sp³-hybridized carbons (Fsp3) is 0.444. The number of hydrogen-bond donors (Lipinski definition) is 1. The molecular formula is C9H12BrNOS. The van der Waals surface area contributed by atoms with Gasteiger partial charge in [-0.3, -0.25) is 4.79 Å². The number of hydrogen-bond acceptors (Lipinski definition) is 2. The van der Waals surface area contributed by atoms with Crippen molar-refractivity contribution in [3.05, 3.63) is 16.3 Å². The Labute approximate surface area is 90.5 Å². The van der Waals surface area contributed by atoms with Gasteiger partial charge >= 0.3 is 0 Å². The number of aryl methyl sites for hydroxylation is 1. The van der Waals surface area contributed by atoms with Crippen LogP contribution in [0.25, 0.3) is 0 Å². The minimum Gasteiger partial charge on any atom is -0.324 e. The molecule has 0 saturated heterocycles. The molecule has 72 valence electrons. The number of nitrogens with one attached hydrogen (secondary N) is 1. The molecular weight excluding hydrogens is 250 g/mol. The fourth-order valence-corrected chi connectivity index (χ4v) is 1.78. The molecule has 0 spiro atoms. The van der Waals surface area contributed by atoms with Crippen molar-refractivity contribution in [2.45, 2.75) is 25.1 Å². The summed E-state index contributed by atoms with van der Waals surface area (Å²) in [5.74, 6) is 0.0315. The summed E-state index contributed by atoms with van der Waals surface area (Å²) in [6, 6.07) is 0. The van der Waals surface area contributed by atoms with E-state index in [0.29, 0.717) is 0 Å². The Morgan fingerprint density at radius 2 is 2.38 bits per heavy atom. The maximum Gasteiger partial charge on any atom is 0.238 e. The van der Waals surface area contributed by atoms with E-state index in [-0.39, 0.29) is 10.7 Å². The molecule has 0 fully saturated rings. The molecule has 13 heavy (non-hydrogen) atoms. The van der Waals surface area contributed by atoms with Gasteiger partial charge in [0, 0.05) is 5.38 Å². The molecule has 1 aromatic rings. The summed E-state index contributed by atoms with van der Waals surface area (Å²) >= 11 is 4.90. The molecule has 1 amide bonds. The average molecular weight is 262 g/mol. The van der Waals surface area contributed by atoms with Gasteiger partial charge in [0.1, 0.15) is 0 Å². The van der Waals surface area contributed by atoms with Gasteiger partial charge in [0.05, 0.1) is 10.5 Å². The zero-order valence-corrected chi connectivity index (χ0v) is 10.0. The van der Waals surface area contributed by atoms with Crippen LogP contribution >= 0.6 is 27.3 Å². The molecule has 1 atom stereocenters. The van der Waals surface area contributed by atoms with Gasteiger partial charge in [-0.05, 0) is 24.3 Å². The maximum atomic E-state index is 11.4. The second kappa shape index (κ2) is 4.77. The molecule has 0 bridgehead atoms. The van der Waals surface area contributed by atoms with E-state index in [9.17, 15) is 4.79 Å². The molecule has 0 aliphatic heterocycles. The molecule has 1 heterocycles. The van der Waals surface area contributed by atoms with E-state index < -0.39 is 0 Å². The Bertz CT molecular complexity index is 298. The molecule has 1 unspecified atom stereocenters. The average Bonchev–Trinajstić information content (AvgIpc) is 2.50. The van der Waals surface area contributed by atoms with E-state index in [1.54, 1.807) is 11.3 Å². The van der Waals surface area contributed by atoms with Crippen LogP contribution in [0.15, 0.2) is 10.8 Å². The van der Waals surface area contributed by atoms with E-state index in [1.807, 2.05) is 24.6 Å². The molecule has 0 aliphatic rings. The first-order chi connectivity index (χ1) is 6.15. The van der Waals surface area contributed by atoms with Crippen LogP contribution in [-0.2, 0) is 4.79 Å². The second-order valence-electron chi connectivity index (χ2n) is 2.83. The number of alkyl halides is 1. The Morgan fingerprint density at radius 3 is 2.85 bits per heavy atom.